The van der Waals surface area contributed by atoms with Gasteiger partial charge in [0.15, 0.2) is 10.9 Å². The highest BCUT2D eigenvalue weighted by Crippen LogP contribution is 2.35. The summed E-state index contributed by atoms with van der Waals surface area (Å²) in [5.74, 6) is 1.72. The van der Waals surface area contributed by atoms with Crippen LogP contribution in [0.3, 0.4) is 0 Å². The van der Waals surface area contributed by atoms with Crippen LogP contribution in [-0.4, -0.2) is 16.1 Å². The van der Waals surface area contributed by atoms with Crippen LogP contribution in [0, 0.1) is 13.8 Å². The van der Waals surface area contributed by atoms with Gasteiger partial charge in [-0.15, -0.1) is 5.10 Å². The molecule has 0 unspecified atom stereocenters. The van der Waals surface area contributed by atoms with E-state index in [0.717, 1.165) is 27.3 Å². The summed E-state index contributed by atoms with van der Waals surface area (Å²) in [4.78, 5) is 18.3. The van der Waals surface area contributed by atoms with Crippen LogP contribution in [0.25, 0.3) is 17.0 Å². The van der Waals surface area contributed by atoms with Crippen molar-refractivity contribution in [3.8, 4) is 11.3 Å². The van der Waals surface area contributed by atoms with E-state index < -0.39 is 6.17 Å². The molecule has 2 aliphatic rings. The van der Waals surface area contributed by atoms with E-state index in [2.05, 4.69) is 36.5 Å². The van der Waals surface area contributed by atoms with Crippen LogP contribution in [0.15, 0.2) is 93.4 Å². The molecule has 1 aromatic heterocycles. The average Bonchev–Trinajstić information content (AvgIpc) is 3.39. The third-order valence-electron chi connectivity index (χ3n) is 6.35. The van der Waals surface area contributed by atoms with Crippen molar-refractivity contribution in [1.82, 2.24) is 10.3 Å². The summed E-state index contributed by atoms with van der Waals surface area (Å²) in [5.41, 5.74) is 4.68. The Labute approximate surface area is 223 Å². The van der Waals surface area contributed by atoms with Crippen molar-refractivity contribution in [1.29, 1.82) is 0 Å². The molecule has 6 rings (SSSR count). The van der Waals surface area contributed by atoms with Gasteiger partial charge in [0.2, 0.25) is 6.17 Å². The van der Waals surface area contributed by atoms with E-state index in [9.17, 15) is 4.79 Å². The fourth-order valence-corrected chi connectivity index (χ4v) is 5.29. The second-order valence-electron chi connectivity index (χ2n) is 9.01. The van der Waals surface area contributed by atoms with Crippen molar-refractivity contribution < 1.29 is 9.21 Å². The molecule has 0 saturated heterocycles. The van der Waals surface area contributed by atoms with Crippen molar-refractivity contribution >= 4 is 40.1 Å². The highest BCUT2D eigenvalue weighted by atomic mass is 35.5. The normalized spacial score (nSPS) is 16.5. The van der Waals surface area contributed by atoms with Crippen LogP contribution in [-0.2, 0) is 10.5 Å². The Bertz CT molecular complexity index is 1680. The smallest absolute Gasteiger partial charge is 0.276 e. The number of nitrogens with zero attached hydrogens (tertiary/aromatic N) is 3. The lowest BCUT2D eigenvalue weighted by Crippen LogP contribution is -2.50. The van der Waals surface area contributed by atoms with E-state index in [1.54, 1.807) is 5.01 Å². The van der Waals surface area contributed by atoms with E-state index in [-0.39, 0.29) is 5.91 Å². The molecule has 0 spiro atoms. The predicted octanol–water partition coefficient (Wildman–Crippen LogP) is 5.29. The number of halogens is 1. The van der Waals surface area contributed by atoms with Crippen molar-refractivity contribution in [3.63, 3.8) is 0 Å². The second kappa shape index (κ2) is 9.57. The summed E-state index contributed by atoms with van der Waals surface area (Å²) in [6.45, 7) is 4.02. The number of rotatable bonds is 4. The molecule has 4 aromatic rings. The molecule has 0 aliphatic carbocycles. The minimum absolute atomic E-state index is 0.217. The predicted molar refractivity (Wildman–Crippen MR) is 147 cm³/mol. The third-order valence-corrected chi connectivity index (χ3v) is 7.69. The summed E-state index contributed by atoms with van der Waals surface area (Å²) in [7, 11) is 0. The number of carbonyl (C=O) groups excluding carboxylic acids is 1. The summed E-state index contributed by atoms with van der Waals surface area (Å²) in [5, 5.41) is 12.1. The number of hydrogen-bond acceptors (Lipinski definition) is 6. The van der Waals surface area contributed by atoms with E-state index >= 15 is 0 Å². The Balaban J connectivity index is 1.38. The van der Waals surface area contributed by atoms with Gasteiger partial charge in [0.1, 0.15) is 11.5 Å². The summed E-state index contributed by atoms with van der Waals surface area (Å²) in [6, 6.07) is 25.5. The molecule has 0 fully saturated rings. The standard InChI is InChI=1S/C29H23ClN4O2S/c1-17-7-10-19(11-8-17)16-37-29-32-28(35)26-21-5-3-4-6-23(21)31-27(34(26)33-29)25-14-13-24(36-25)20-12-9-18(2)22(30)15-20/h3-15,27H,16H2,1-2H3,(H,32,33,35)/t27-/m0/s1. The molecule has 8 heteroatoms. The maximum absolute atomic E-state index is 13.4. The van der Waals surface area contributed by atoms with E-state index in [1.165, 1.54) is 17.3 Å². The molecule has 3 aromatic carbocycles. The molecule has 184 valence electrons. The lowest BCUT2D eigenvalue weighted by molar-refractivity contribution is -0.116. The number of para-hydroxylation sites is 1. The minimum Gasteiger partial charge on any atom is -0.457 e. The number of thioether (sulfide) groups is 1. The maximum atomic E-state index is 13.4. The Morgan fingerprint density at radius 3 is 2.65 bits per heavy atom. The first kappa shape index (κ1) is 23.6. The summed E-state index contributed by atoms with van der Waals surface area (Å²) in [6.07, 6.45) is -0.624. The van der Waals surface area contributed by atoms with E-state index in [0.29, 0.717) is 33.2 Å². The molecule has 6 nitrogen and oxygen atoms in total. The number of benzene rings is 3. The van der Waals surface area contributed by atoms with Gasteiger partial charge in [-0.05, 0) is 49.2 Å². The molecule has 1 amide bonds. The second-order valence-corrected chi connectivity index (χ2v) is 10.4. The Hall–Kier alpha value is -3.81. The van der Waals surface area contributed by atoms with Gasteiger partial charge in [-0.1, -0.05) is 83.5 Å². The maximum Gasteiger partial charge on any atom is 0.276 e. The minimum atomic E-state index is -0.624. The largest absolute Gasteiger partial charge is 0.457 e. The molecule has 0 radical (unpaired) electrons. The molecule has 0 bridgehead atoms. The van der Waals surface area contributed by atoms with Crippen molar-refractivity contribution in [3.05, 3.63) is 117 Å². The zero-order valence-electron chi connectivity index (χ0n) is 20.2. The van der Waals surface area contributed by atoms with Crippen molar-refractivity contribution in [2.45, 2.75) is 25.8 Å². The van der Waals surface area contributed by atoms with Crippen LogP contribution in [0.2, 0.25) is 5.02 Å². The molecule has 1 N–H and O–H groups in total. The zero-order chi connectivity index (χ0) is 25.5. The van der Waals surface area contributed by atoms with Gasteiger partial charge in [0, 0.05) is 21.6 Å². The number of hydrogen-bond donors (Lipinski definition) is 1. The number of amides is 1. The lowest BCUT2D eigenvalue weighted by atomic mass is 10.1. The van der Waals surface area contributed by atoms with Gasteiger partial charge in [0.05, 0.1) is 5.36 Å². The SMILES string of the molecule is Cc1ccc(CSC2=NN3C(=c4ccccc4=N[C@@H]3c3ccc(-c4ccc(C)c(Cl)c4)o3)C(=O)N2)cc1. The van der Waals surface area contributed by atoms with Crippen LogP contribution < -0.4 is 15.9 Å². The zero-order valence-corrected chi connectivity index (χ0v) is 21.8. The summed E-state index contributed by atoms with van der Waals surface area (Å²) < 4.78 is 6.26. The molecule has 1 atom stereocenters. The molecular weight excluding hydrogens is 504 g/mol. The van der Waals surface area contributed by atoms with Gasteiger partial charge in [-0.25, -0.2) is 10.0 Å². The Morgan fingerprint density at radius 2 is 1.84 bits per heavy atom. The number of furan rings is 1. The van der Waals surface area contributed by atoms with Crippen molar-refractivity contribution in [2.24, 2.45) is 10.1 Å². The number of hydrazone groups is 1. The van der Waals surface area contributed by atoms with Crippen molar-refractivity contribution in [2.75, 3.05) is 0 Å². The van der Waals surface area contributed by atoms with Gasteiger partial charge in [0.25, 0.3) is 5.91 Å². The van der Waals surface area contributed by atoms with Crippen LogP contribution >= 0.6 is 23.4 Å². The lowest BCUT2D eigenvalue weighted by Gasteiger charge is -2.32. The van der Waals surface area contributed by atoms with Gasteiger partial charge in [-0.2, -0.15) is 0 Å². The quantitative estimate of drug-likeness (QED) is 0.392. The van der Waals surface area contributed by atoms with Crippen LogP contribution in [0.4, 0.5) is 0 Å². The number of carbonyl (C=O) groups is 1. The molecule has 0 saturated carbocycles. The number of nitrogens with one attached hydrogen (secondary N) is 1. The molecule has 2 aliphatic heterocycles. The highest BCUT2D eigenvalue weighted by molar-refractivity contribution is 8.13. The first-order chi connectivity index (χ1) is 18.0. The molecule has 3 heterocycles. The van der Waals surface area contributed by atoms with Crippen LogP contribution in [0.5, 0.6) is 0 Å². The first-order valence-corrected chi connectivity index (χ1v) is 13.2. The fraction of sp³-hybridized carbons (Fsp3) is 0.138. The Kier molecular flexibility index (Phi) is 6.10. The topological polar surface area (TPSA) is 70.2 Å². The van der Waals surface area contributed by atoms with E-state index in [1.807, 2.05) is 61.5 Å². The molecular formula is C29H23ClN4O2S. The van der Waals surface area contributed by atoms with Gasteiger partial charge >= 0.3 is 0 Å². The number of fused-ring (bicyclic) bond motifs is 2. The third kappa shape index (κ3) is 4.56. The molecule has 37 heavy (non-hydrogen) atoms. The first-order valence-electron chi connectivity index (χ1n) is 11.9. The van der Waals surface area contributed by atoms with E-state index in [4.69, 9.17) is 26.1 Å². The van der Waals surface area contributed by atoms with Gasteiger partial charge < -0.3 is 4.42 Å². The average molecular weight is 527 g/mol. The number of aryl methyl sites for hydroxylation is 2. The monoisotopic (exact) mass is 526 g/mol. The Morgan fingerprint density at radius 1 is 1.03 bits per heavy atom. The van der Waals surface area contributed by atoms with Crippen LogP contribution in [0.1, 0.15) is 28.6 Å². The number of amidine groups is 1. The van der Waals surface area contributed by atoms with Gasteiger partial charge in [-0.3, -0.25) is 10.1 Å². The fourth-order valence-electron chi connectivity index (χ4n) is 4.31. The summed E-state index contributed by atoms with van der Waals surface area (Å²) >= 11 is 7.82. The highest BCUT2D eigenvalue weighted by Gasteiger charge is 2.36.